The second-order valence-corrected chi connectivity index (χ2v) is 4.88. The zero-order chi connectivity index (χ0) is 11.3. The summed E-state index contributed by atoms with van der Waals surface area (Å²) in [4.78, 5) is 0. The van der Waals surface area contributed by atoms with Crippen molar-refractivity contribution in [2.45, 2.75) is 25.8 Å². The van der Waals surface area contributed by atoms with Crippen LogP contribution in [0.15, 0.2) is 18.2 Å². The first-order valence-electron chi connectivity index (χ1n) is 5.04. The van der Waals surface area contributed by atoms with Gasteiger partial charge in [0.15, 0.2) is 11.6 Å². The number of rotatable bonds is 2. The van der Waals surface area contributed by atoms with Crippen molar-refractivity contribution in [2.24, 2.45) is 11.1 Å². The topological polar surface area (TPSA) is 35.2 Å². The minimum absolute atomic E-state index is 0.0635. The molecule has 1 aliphatic rings. The van der Waals surface area contributed by atoms with Crippen LogP contribution in [0.2, 0.25) is 0 Å². The van der Waals surface area contributed by atoms with Crippen molar-refractivity contribution in [1.82, 2.24) is 0 Å². The molecule has 1 aliphatic carbocycles. The number of ether oxygens (including phenoxy) is 1. The smallest absolute Gasteiger partial charge is 0.165 e. The van der Waals surface area contributed by atoms with Crippen molar-refractivity contribution < 1.29 is 9.13 Å². The molecule has 0 radical (unpaired) electrons. The molecule has 2 N–H and O–H groups in total. The van der Waals surface area contributed by atoms with Gasteiger partial charge in [0, 0.05) is 5.54 Å². The molecule has 1 aromatic rings. The van der Waals surface area contributed by atoms with Gasteiger partial charge in [-0.2, -0.15) is 0 Å². The maximum absolute atomic E-state index is 13.5. The second kappa shape index (κ2) is 2.95. The first kappa shape index (κ1) is 10.4. The quantitative estimate of drug-likeness (QED) is 0.811. The normalized spacial score (nSPS) is 27.5. The molecular weight excluding hydrogens is 193 g/mol. The molecule has 3 heteroatoms. The highest BCUT2D eigenvalue weighted by Gasteiger charge is 2.59. The maximum atomic E-state index is 13.5. The molecule has 2 nitrogen and oxygen atoms in total. The average molecular weight is 209 g/mol. The van der Waals surface area contributed by atoms with Gasteiger partial charge in [0.1, 0.15) is 0 Å². The fourth-order valence-corrected chi connectivity index (χ4v) is 2.09. The van der Waals surface area contributed by atoms with Crippen molar-refractivity contribution in [3.63, 3.8) is 0 Å². The summed E-state index contributed by atoms with van der Waals surface area (Å²) in [5.74, 6) is -0.0802. The van der Waals surface area contributed by atoms with E-state index in [9.17, 15) is 4.39 Å². The first-order chi connectivity index (χ1) is 6.90. The van der Waals surface area contributed by atoms with Crippen LogP contribution in [-0.4, -0.2) is 7.11 Å². The van der Waals surface area contributed by atoms with Crippen LogP contribution < -0.4 is 10.5 Å². The van der Waals surface area contributed by atoms with Crippen LogP contribution in [0.1, 0.15) is 25.8 Å². The summed E-state index contributed by atoms with van der Waals surface area (Å²) < 4.78 is 18.3. The summed E-state index contributed by atoms with van der Waals surface area (Å²) in [6.07, 6.45) is 0.895. The molecule has 0 saturated heterocycles. The molecule has 0 bridgehead atoms. The van der Waals surface area contributed by atoms with Crippen molar-refractivity contribution >= 4 is 0 Å². The fraction of sp³-hybridized carbons (Fsp3) is 0.500. The highest BCUT2D eigenvalue weighted by Crippen LogP contribution is 2.60. The largest absolute Gasteiger partial charge is 0.494 e. The van der Waals surface area contributed by atoms with Gasteiger partial charge in [-0.15, -0.1) is 0 Å². The third-order valence-electron chi connectivity index (χ3n) is 3.47. The van der Waals surface area contributed by atoms with E-state index in [1.54, 1.807) is 6.07 Å². The standard InChI is InChI=1S/C12H16FNO/c1-11(2)7-12(11,14)8-4-5-10(15-3)9(13)6-8/h4-6H,7,14H2,1-3H3. The Labute approximate surface area is 89.2 Å². The number of hydrogen-bond acceptors (Lipinski definition) is 2. The Morgan fingerprint density at radius 1 is 1.40 bits per heavy atom. The Hall–Kier alpha value is -1.09. The molecule has 0 aliphatic heterocycles. The van der Waals surface area contributed by atoms with Gasteiger partial charge >= 0.3 is 0 Å². The van der Waals surface area contributed by atoms with Crippen LogP contribution in [0, 0.1) is 11.2 Å². The Kier molecular flexibility index (Phi) is 2.05. The van der Waals surface area contributed by atoms with Crippen LogP contribution >= 0.6 is 0 Å². The molecule has 0 spiro atoms. The van der Waals surface area contributed by atoms with Gasteiger partial charge in [-0.1, -0.05) is 19.9 Å². The average Bonchev–Trinajstić information content (AvgIpc) is 2.67. The molecule has 0 amide bonds. The van der Waals surface area contributed by atoms with E-state index in [1.165, 1.54) is 13.2 Å². The Bertz CT molecular complexity index is 403. The number of methoxy groups -OCH3 is 1. The number of halogens is 1. The SMILES string of the molecule is COc1ccc(C2(N)CC2(C)C)cc1F. The Morgan fingerprint density at radius 2 is 2.00 bits per heavy atom. The van der Waals surface area contributed by atoms with Crippen LogP contribution in [-0.2, 0) is 5.54 Å². The lowest BCUT2D eigenvalue weighted by Crippen LogP contribution is -2.25. The second-order valence-electron chi connectivity index (χ2n) is 4.88. The molecule has 1 saturated carbocycles. The molecule has 0 aromatic heterocycles. The predicted octanol–water partition coefficient (Wildman–Crippen LogP) is 2.42. The molecule has 0 heterocycles. The summed E-state index contributed by atoms with van der Waals surface area (Å²) >= 11 is 0. The minimum Gasteiger partial charge on any atom is -0.494 e. The monoisotopic (exact) mass is 209 g/mol. The first-order valence-corrected chi connectivity index (χ1v) is 5.04. The van der Waals surface area contributed by atoms with Crippen molar-refractivity contribution in [3.05, 3.63) is 29.6 Å². The van der Waals surface area contributed by atoms with Crippen LogP contribution in [0.3, 0.4) is 0 Å². The molecule has 1 atom stereocenters. The lowest BCUT2D eigenvalue weighted by atomic mass is 9.97. The van der Waals surface area contributed by atoms with Gasteiger partial charge in [-0.05, 0) is 29.5 Å². The van der Waals surface area contributed by atoms with E-state index in [0.717, 1.165) is 12.0 Å². The van der Waals surface area contributed by atoms with Crippen molar-refractivity contribution in [3.8, 4) is 5.75 Å². The molecule has 15 heavy (non-hydrogen) atoms. The van der Waals surface area contributed by atoms with E-state index in [1.807, 2.05) is 6.07 Å². The molecule has 1 fully saturated rings. The summed E-state index contributed by atoms with van der Waals surface area (Å²) in [6.45, 7) is 4.18. The van der Waals surface area contributed by atoms with Crippen molar-refractivity contribution in [2.75, 3.05) is 7.11 Å². The van der Waals surface area contributed by atoms with Gasteiger partial charge in [0.05, 0.1) is 7.11 Å². The number of hydrogen-bond donors (Lipinski definition) is 1. The van der Waals surface area contributed by atoms with E-state index in [0.29, 0.717) is 0 Å². The number of benzene rings is 1. The maximum Gasteiger partial charge on any atom is 0.165 e. The van der Waals surface area contributed by atoms with Gasteiger partial charge < -0.3 is 10.5 Å². The van der Waals surface area contributed by atoms with E-state index >= 15 is 0 Å². The summed E-state index contributed by atoms with van der Waals surface area (Å²) in [5.41, 5.74) is 6.74. The van der Waals surface area contributed by atoms with Crippen molar-refractivity contribution in [1.29, 1.82) is 0 Å². The van der Waals surface area contributed by atoms with E-state index in [-0.39, 0.29) is 22.5 Å². The molecular formula is C12H16FNO. The van der Waals surface area contributed by atoms with Gasteiger partial charge in [-0.3, -0.25) is 0 Å². The van der Waals surface area contributed by atoms with E-state index in [2.05, 4.69) is 13.8 Å². The molecule has 82 valence electrons. The molecule has 1 aromatic carbocycles. The van der Waals surface area contributed by atoms with E-state index < -0.39 is 0 Å². The zero-order valence-corrected chi connectivity index (χ0v) is 9.30. The molecule has 1 unspecified atom stereocenters. The van der Waals surface area contributed by atoms with E-state index in [4.69, 9.17) is 10.5 Å². The van der Waals surface area contributed by atoms with Gasteiger partial charge in [0.25, 0.3) is 0 Å². The van der Waals surface area contributed by atoms with Crippen LogP contribution in [0.25, 0.3) is 0 Å². The lowest BCUT2D eigenvalue weighted by Gasteiger charge is -2.16. The predicted molar refractivity (Wildman–Crippen MR) is 57.2 cm³/mol. The lowest BCUT2D eigenvalue weighted by molar-refractivity contribution is 0.385. The Morgan fingerprint density at radius 3 is 2.40 bits per heavy atom. The van der Waals surface area contributed by atoms with Crippen LogP contribution in [0.5, 0.6) is 5.75 Å². The zero-order valence-electron chi connectivity index (χ0n) is 9.30. The van der Waals surface area contributed by atoms with Gasteiger partial charge in [-0.25, -0.2) is 4.39 Å². The summed E-state index contributed by atoms with van der Waals surface area (Å²) in [6, 6.07) is 4.96. The highest BCUT2D eigenvalue weighted by molar-refractivity contribution is 5.39. The minimum atomic E-state index is -0.375. The highest BCUT2D eigenvalue weighted by atomic mass is 19.1. The van der Waals surface area contributed by atoms with Crippen LogP contribution in [0.4, 0.5) is 4.39 Å². The third kappa shape index (κ3) is 1.42. The fourth-order valence-electron chi connectivity index (χ4n) is 2.09. The van der Waals surface area contributed by atoms with Gasteiger partial charge in [0.2, 0.25) is 0 Å². The Balaban J connectivity index is 2.37. The summed E-state index contributed by atoms with van der Waals surface area (Å²) in [5, 5.41) is 0. The molecule has 2 rings (SSSR count). The summed E-state index contributed by atoms with van der Waals surface area (Å²) in [7, 11) is 1.46. The number of nitrogens with two attached hydrogens (primary N) is 1. The third-order valence-corrected chi connectivity index (χ3v) is 3.47.